The summed E-state index contributed by atoms with van der Waals surface area (Å²) in [4.78, 5) is 0. The number of hydrogen-bond acceptors (Lipinski definition) is 2. The molecule has 0 aromatic carbocycles. The van der Waals surface area contributed by atoms with Crippen LogP contribution < -0.4 is 0 Å². The van der Waals surface area contributed by atoms with Crippen molar-refractivity contribution < 1.29 is 2.82 Å². The summed E-state index contributed by atoms with van der Waals surface area (Å²) >= 11 is 1.18. The zero-order valence-corrected chi connectivity index (χ0v) is 11.9. The van der Waals surface area contributed by atoms with Crippen molar-refractivity contribution in [2.45, 2.75) is 0 Å². The van der Waals surface area contributed by atoms with Crippen LogP contribution in [0.4, 0.5) is 0 Å². The molecule has 0 fully saturated rings. The van der Waals surface area contributed by atoms with Gasteiger partial charge in [0, 0.05) is 0 Å². The average Bonchev–Trinajstić information content (AvgIpc) is 1.41. The number of hydrogen-bond donors (Lipinski definition) is 0. The molecule has 0 atom stereocenters. The molecular weight excluding hydrogens is 388 g/mol. The zero-order valence-electron chi connectivity index (χ0n) is 2.47. The maximum atomic E-state index is 4.80. The molecule has 0 saturated heterocycles. The van der Waals surface area contributed by atoms with E-state index in [1.807, 2.05) is 0 Å². The van der Waals surface area contributed by atoms with E-state index in [0.29, 0.717) is 0 Å². The van der Waals surface area contributed by atoms with Gasteiger partial charge in [0.15, 0.2) is 0 Å². The molecule has 0 aliphatic heterocycles. The zero-order chi connectivity index (χ0) is 4.12. The van der Waals surface area contributed by atoms with E-state index in [1.54, 1.807) is 0 Å². The fraction of sp³-hybridized carbons (Fsp3) is 0. The van der Waals surface area contributed by atoms with Gasteiger partial charge in [0.25, 0.3) is 0 Å². The van der Waals surface area contributed by atoms with Crippen molar-refractivity contribution in [2.75, 3.05) is 0 Å². The first-order chi connectivity index (χ1) is 2.41. The molecule has 0 unspecified atom stereocenters. The minimum absolute atomic E-state index is 0.667. The summed E-state index contributed by atoms with van der Waals surface area (Å²) in [6, 6.07) is 0. The van der Waals surface area contributed by atoms with Crippen molar-refractivity contribution >= 4 is 67.8 Å². The topological polar surface area (TPSA) is 18.5 Å². The summed E-state index contributed by atoms with van der Waals surface area (Å²) in [7, 11) is 0. The van der Waals surface area contributed by atoms with Gasteiger partial charge in [-0.25, -0.2) is 0 Å². The van der Waals surface area contributed by atoms with Gasteiger partial charge in [-0.1, -0.05) is 0 Å². The first-order valence-electron chi connectivity index (χ1n) is 0.880. The second-order valence-electron chi connectivity index (χ2n) is 0.319. The average molecular weight is 390 g/mol. The molecule has 0 N–H and O–H groups in total. The summed E-state index contributed by atoms with van der Waals surface area (Å²) in [6.07, 6.45) is 0. The first kappa shape index (κ1) is 7.32. The fourth-order valence-electron chi connectivity index (χ4n) is 0.0278. The molecule has 0 bridgehead atoms. The molecule has 6 radical (unpaired) electrons. The van der Waals surface area contributed by atoms with E-state index >= 15 is 0 Å². The first-order valence-corrected chi connectivity index (χ1v) is 5.90. The predicted molar refractivity (Wildman–Crippen MR) is 22.2 cm³/mol. The van der Waals surface area contributed by atoms with Crippen LogP contribution >= 0.6 is 0 Å². The SMILES string of the molecule is [SnH][O][Sn][O][SnH]. The second kappa shape index (κ2) is 6.32. The van der Waals surface area contributed by atoms with E-state index in [2.05, 4.69) is 0 Å². The van der Waals surface area contributed by atoms with Gasteiger partial charge in [-0.3, -0.25) is 0 Å². The van der Waals surface area contributed by atoms with E-state index in [0.717, 1.165) is 45.9 Å². The second-order valence-corrected chi connectivity index (χ2v) is 11.2. The van der Waals surface area contributed by atoms with E-state index in [9.17, 15) is 0 Å². The van der Waals surface area contributed by atoms with Crippen molar-refractivity contribution in [1.29, 1.82) is 0 Å². The molecule has 2 nitrogen and oxygen atoms in total. The third kappa shape index (κ3) is 6.32. The fourth-order valence-corrected chi connectivity index (χ4v) is 8.39. The molecule has 0 aromatic heterocycles. The van der Waals surface area contributed by atoms with Gasteiger partial charge >= 0.3 is 70.7 Å². The van der Waals surface area contributed by atoms with Crippen molar-refractivity contribution in [3.63, 3.8) is 0 Å². The van der Waals surface area contributed by atoms with Crippen LogP contribution in [0.15, 0.2) is 0 Å². The standard InChI is InChI=1S/2O.3Sn.2H. The van der Waals surface area contributed by atoms with Gasteiger partial charge in [0.05, 0.1) is 0 Å². The summed E-state index contributed by atoms with van der Waals surface area (Å²) in [5.74, 6) is 0. The Labute approximate surface area is 69.6 Å². The van der Waals surface area contributed by atoms with Crippen molar-refractivity contribution in [1.82, 2.24) is 0 Å². The molecular formula is H2O2Sn3. The van der Waals surface area contributed by atoms with E-state index in [-0.39, 0.29) is 0 Å². The molecule has 5 heteroatoms. The van der Waals surface area contributed by atoms with Crippen molar-refractivity contribution in [2.24, 2.45) is 0 Å². The third-order valence-corrected chi connectivity index (χ3v) is 4.33. The predicted octanol–water partition coefficient (Wildman–Crippen LogP) is -1.81. The van der Waals surface area contributed by atoms with Gasteiger partial charge in [-0.2, -0.15) is 0 Å². The van der Waals surface area contributed by atoms with Crippen LogP contribution in [0.3, 0.4) is 0 Å². The quantitative estimate of drug-likeness (QED) is 0.518. The van der Waals surface area contributed by atoms with E-state index in [4.69, 9.17) is 2.82 Å². The summed E-state index contributed by atoms with van der Waals surface area (Å²) in [5, 5.41) is 0. The van der Waals surface area contributed by atoms with E-state index in [1.165, 1.54) is 0 Å². The van der Waals surface area contributed by atoms with Crippen LogP contribution in [0, 0.1) is 0 Å². The van der Waals surface area contributed by atoms with E-state index < -0.39 is 22.0 Å². The molecule has 0 heterocycles. The molecule has 0 spiro atoms. The van der Waals surface area contributed by atoms with Gasteiger partial charge in [-0.05, 0) is 0 Å². The minimum atomic E-state index is -0.667. The molecule has 0 aromatic rings. The molecule has 0 aliphatic carbocycles. The molecule has 0 saturated carbocycles. The van der Waals surface area contributed by atoms with Gasteiger partial charge in [0.1, 0.15) is 0 Å². The Kier molecular flexibility index (Phi) is 9.24. The molecule has 5 heavy (non-hydrogen) atoms. The van der Waals surface area contributed by atoms with Gasteiger partial charge < -0.3 is 0 Å². The van der Waals surface area contributed by atoms with Crippen LogP contribution in [-0.4, -0.2) is 67.8 Å². The molecule has 26 valence electrons. The summed E-state index contributed by atoms with van der Waals surface area (Å²) < 4.78 is 9.60. The monoisotopic (exact) mass is 394 g/mol. The molecule has 0 aliphatic rings. The van der Waals surface area contributed by atoms with Gasteiger partial charge in [-0.15, -0.1) is 0 Å². The molecule has 0 amide bonds. The number of rotatable bonds is 2. The van der Waals surface area contributed by atoms with Gasteiger partial charge in [0.2, 0.25) is 0 Å². The Morgan fingerprint density at radius 2 is 1.60 bits per heavy atom. The summed E-state index contributed by atoms with van der Waals surface area (Å²) in [6.45, 7) is 0. The van der Waals surface area contributed by atoms with Crippen LogP contribution in [0.25, 0.3) is 0 Å². The van der Waals surface area contributed by atoms with Crippen molar-refractivity contribution in [3.8, 4) is 0 Å². The summed E-state index contributed by atoms with van der Waals surface area (Å²) in [5.41, 5.74) is 0. The molecule has 0 rings (SSSR count). The van der Waals surface area contributed by atoms with Crippen LogP contribution in [0.5, 0.6) is 0 Å². The van der Waals surface area contributed by atoms with Crippen molar-refractivity contribution in [3.05, 3.63) is 0 Å². The van der Waals surface area contributed by atoms with Crippen LogP contribution in [0.2, 0.25) is 0 Å². The van der Waals surface area contributed by atoms with Crippen LogP contribution in [0.1, 0.15) is 0 Å². The Bertz CT molecular complexity index is 12.4. The van der Waals surface area contributed by atoms with Crippen LogP contribution in [-0.2, 0) is 2.82 Å². The maximum absolute atomic E-state index is 4.80. The third-order valence-electron chi connectivity index (χ3n) is 0.0962. The normalized spacial score (nSPS) is 8.40. The Balaban J connectivity index is 2.19. The Morgan fingerprint density at radius 3 is 1.60 bits per heavy atom. The Morgan fingerprint density at radius 1 is 1.20 bits per heavy atom. The Hall–Kier alpha value is 2.32.